The first kappa shape index (κ1) is 11.2. The molecule has 0 bridgehead atoms. The zero-order chi connectivity index (χ0) is 11.9. The zero-order valence-electron chi connectivity index (χ0n) is 8.21. The van der Waals surface area contributed by atoms with E-state index in [1.807, 2.05) is 0 Å². The molecule has 0 saturated heterocycles. The summed E-state index contributed by atoms with van der Waals surface area (Å²) in [5.41, 5.74) is 0.764. The lowest BCUT2D eigenvalue weighted by Crippen LogP contribution is -2.22. The predicted octanol–water partition coefficient (Wildman–Crippen LogP) is 2.20. The fraction of sp³-hybridized carbons (Fsp3) is 0.200. The Kier molecular flexibility index (Phi) is 2.78. The third-order valence-electron chi connectivity index (χ3n) is 2.38. The highest BCUT2D eigenvalue weighted by Gasteiger charge is 2.40. The molecule has 1 unspecified atom stereocenters. The van der Waals surface area contributed by atoms with Crippen LogP contribution in [-0.2, 0) is 14.3 Å². The highest BCUT2D eigenvalue weighted by Crippen LogP contribution is 2.42. The SMILES string of the molecule is COC(=O)C1C(=O)Nc2c(Cl)ccc(Cl)c21. The lowest BCUT2D eigenvalue weighted by Gasteiger charge is -2.07. The number of fused-ring (bicyclic) bond motifs is 1. The minimum Gasteiger partial charge on any atom is -0.468 e. The van der Waals surface area contributed by atoms with Crippen molar-refractivity contribution < 1.29 is 14.3 Å². The van der Waals surface area contributed by atoms with Crippen LogP contribution in [0.2, 0.25) is 10.0 Å². The van der Waals surface area contributed by atoms with Crippen molar-refractivity contribution in [2.75, 3.05) is 12.4 Å². The van der Waals surface area contributed by atoms with Gasteiger partial charge in [0.15, 0.2) is 5.92 Å². The van der Waals surface area contributed by atoms with Crippen LogP contribution in [0.3, 0.4) is 0 Å². The fourth-order valence-corrected chi connectivity index (χ4v) is 2.12. The van der Waals surface area contributed by atoms with Gasteiger partial charge in [0.05, 0.1) is 17.8 Å². The Balaban J connectivity index is 2.60. The van der Waals surface area contributed by atoms with E-state index in [1.54, 1.807) is 12.1 Å². The first-order chi connectivity index (χ1) is 7.56. The number of hydrogen-bond acceptors (Lipinski definition) is 3. The summed E-state index contributed by atoms with van der Waals surface area (Å²) in [6, 6.07) is 3.10. The number of hydrogen-bond donors (Lipinski definition) is 1. The molecule has 1 amide bonds. The van der Waals surface area contributed by atoms with Crippen molar-refractivity contribution in [2.24, 2.45) is 0 Å². The minimum atomic E-state index is -1.04. The van der Waals surface area contributed by atoms with Gasteiger partial charge in [0, 0.05) is 10.6 Å². The number of halogens is 2. The molecule has 0 aliphatic carbocycles. The molecule has 1 heterocycles. The van der Waals surface area contributed by atoms with Crippen LogP contribution in [0.25, 0.3) is 0 Å². The Hall–Kier alpha value is -1.26. The largest absolute Gasteiger partial charge is 0.468 e. The van der Waals surface area contributed by atoms with Gasteiger partial charge in [0.1, 0.15) is 0 Å². The molecule has 1 aromatic carbocycles. The van der Waals surface area contributed by atoms with Gasteiger partial charge in [0.25, 0.3) is 0 Å². The summed E-state index contributed by atoms with van der Waals surface area (Å²) in [5, 5.41) is 3.18. The molecule has 2 rings (SSSR count). The number of rotatable bonds is 1. The van der Waals surface area contributed by atoms with E-state index in [4.69, 9.17) is 23.2 Å². The number of carbonyl (C=O) groups excluding carboxylic acids is 2. The second-order valence-corrected chi connectivity index (χ2v) is 4.08. The Bertz CT molecular complexity index is 487. The quantitative estimate of drug-likeness (QED) is 0.622. The first-order valence-corrected chi connectivity index (χ1v) is 5.18. The molecule has 0 fully saturated rings. The molecule has 0 saturated carbocycles. The second kappa shape index (κ2) is 3.96. The van der Waals surface area contributed by atoms with Gasteiger partial charge < -0.3 is 10.1 Å². The van der Waals surface area contributed by atoms with Gasteiger partial charge in [-0.15, -0.1) is 0 Å². The topological polar surface area (TPSA) is 55.4 Å². The van der Waals surface area contributed by atoms with E-state index in [1.165, 1.54) is 7.11 Å². The molecule has 84 valence electrons. The Morgan fingerprint density at radius 1 is 1.38 bits per heavy atom. The Morgan fingerprint density at radius 3 is 2.62 bits per heavy atom. The lowest BCUT2D eigenvalue weighted by atomic mass is 10.0. The lowest BCUT2D eigenvalue weighted by molar-refractivity contribution is -0.144. The van der Waals surface area contributed by atoms with Crippen LogP contribution in [0.4, 0.5) is 5.69 Å². The molecule has 1 aliphatic rings. The number of carbonyl (C=O) groups is 2. The van der Waals surface area contributed by atoms with Crippen molar-refractivity contribution in [3.63, 3.8) is 0 Å². The summed E-state index contributed by atoms with van der Waals surface area (Å²) in [5.74, 6) is -2.16. The number of nitrogens with one attached hydrogen (secondary N) is 1. The Morgan fingerprint density at radius 2 is 2.00 bits per heavy atom. The van der Waals surface area contributed by atoms with Crippen molar-refractivity contribution >= 4 is 40.8 Å². The molecular weight excluding hydrogens is 253 g/mol. The van der Waals surface area contributed by atoms with Crippen LogP contribution < -0.4 is 5.32 Å². The molecule has 1 N–H and O–H groups in total. The van der Waals surface area contributed by atoms with Gasteiger partial charge in [0.2, 0.25) is 5.91 Å². The molecular formula is C10H7Cl2NO3. The summed E-state index contributed by atoms with van der Waals surface area (Å²) in [4.78, 5) is 23.1. The van der Waals surface area contributed by atoms with Crippen LogP contribution in [-0.4, -0.2) is 19.0 Å². The maximum Gasteiger partial charge on any atom is 0.322 e. The van der Waals surface area contributed by atoms with E-state index >= 15 is 0 Å². The van der Waals surface area contributed by atoms with Gasteiger partial charge in [-0.3, -0.25) is 9.59 Å². The summed E-state index contributed by atoms with van der Waals surface area (Å²) in [7, 11) is 1.21. The smallest absolute Gasteiger partial charge is 0.322 e. The summed E-state index contributed by atoms with van der Waals surface area (Å²) >= 11 is 11.8. The maximum absolute atomic E-state index is 11.6. The maximum atomic E-state index is 11.6. The second-order valence-electron chi connectivity index (χ2n) is 3.26. The number of benzene rings is 1. The van der Waals surface area contributed by atoms with Gasteiger partial charge in [-0.2, -0.15) is 0 Å². The standard InChI is InChI=1S/C10H7Cl2NO3/c1-16-10(15)7-6-4(11)2-3-5(12)8(6)13-9(7)14/h2-3,7H,1H3,(H,13,14). The molecule has 1 aliphatic heterocycles. The zero-order valence-corrected chi connectivity index (χ0v) is 9.72. The van der Waals surface area contributed by atoms with Gasteiger partial charge in [-0.1, -0.05) is 23.2 Å². The van der Waals surface area contributed by atoms with Crippen molar-refractivity contribution in [1.82, 2.24) is 0 Å². The van der Waals surface area contributed by atoms with E-state index in [2.05, 4.69) is 10.1 Å². The predicted molar refractivity (Wildman–Crippen MR) is 59.8 cm³/mol. The third-order valence-corrected chi connectivity index (χ3v) is 3.02. The van der Waals surface area contributed by atoms with Crippen molar-refractivity contribution in [2.45, 2.75) is 5.92 Å². The summed E-state index contributed by atoms with van der Waals surface area (Å²) in [6.45, 7) is 0. The van der Waals surface area contributed by atoms with Gasteiger partial charge in [-0.25, -0.2) is 0 Å². The molecule has 16 heavy (non-hydrogen) atoms. The van der Waals surface area contributed by atoms with E-state index in [0.717, 1.165) is 0 Å². The van der Waals surface area contributed by atoms with Crippen LogP contribution in [0.15, 0.2) is 12.1 Å². The summed E-state index contributed by atoms with van der Waals surface area (Å²) < 4.78 is 4.55. The highest BCUT2D eigenvalue weighted by molar-refractivity contribution is 6.38. The monoisotopic (exact) mass is 259 g/mol. The molecule has 6 heteroatoms. The van der Waals surface area contributed by atoms with Crippen molar-refractivity contribution in [3.05, 3.63) is 27.7 Å². The molecule has 0 radical (unpaired) electrons. The molecule has 1 atom stereocenters. The number of ether oxygens (including phenoxy) is 1. The number of methoxy groups -OCH3 is 1. The van der Waals surface area contributed by atoms with E-state index in [0.29, 0.717) is 21.3 Å². The number of esters is 1. The van der Waals surface area contributed by atoms with Crippen LogP contribution in [0.1, 0.15) is 11.5 Å². The molecule has 1 aromatic rings. The summed E-state index contributed by atoms with van der Waals surface area (Å²) in [6.07, 6.45) is 0. The van der Waals surface area contributed by atoms with E-state index in [-0.39, 0.29) is 0 Å². The van der Waals surface area contributed by atoms with Gasteiger partial charge >= 0.3 is 5.97 Å². The van der Waals surface area contributed by atoms with E-state index < -0.39 is 17.8 Å². The Labute approximate surface area is 101 Å². The minimum absolute atomic E-state index is 0.313. The molecule has 0 spiro atoms. The van der Waals surface area contributed by atoms with Crippen LogP contribution in [0, 0.1) is 0 Å². The van der Waals surface area contributed by atoms with Crippen LogP contribution >= 0.6 is 23.2 Å². The van der Waals surface area contributed by atoms with Crippen molar-refractivity contribution in [1.29, 1.82) is 0 Å². The van der Waals surface area contributed by atoms with Gasteiger partial charge in [-0.05, 0) is 12.1 Å². The average Bonchev–Trinajstić information content (AvgIpc) is 2.61. The van der Waals surface area contributed by atoms with E-state index in [9.17, 15) is 9.59 Å². The number of anilines is 1. The number of amides is 1. The van der Waals surface area contributed by atoms with Crippen LogP contribution in [0.5, 0.6) is 0 Å². The first-order valence-electron chi connectivity index (χ1n) is 4.43. The normalized spacial score (nSPS) is 17.9. The molecule has 0 aromatic heterocycles. The molecule has 4 nitrogen and oxygen atoms in total. The average molecular weight is 260 g/mol. The fourth-order valence-electron chi connectivity index (χ4n) is 1.65. The highest BCUT2D eigenvalue weighted by atomic mass is 35.5. The van der Waals surface area contributed by atoms with Crippen molar-refractivity contribution in [3.8, 4) is 0 Å². The third kappa shape index (κ3) is 1.54.